The molecule has 6 heteroatoms. The SMILES string of the molecule is CCCNc1cncc(N2CCOC(CO)C2)n1. The van der Waals surface area contributed by atoms with Crippen molar-refractivity contribution in [3.63, 3.8) is 0 Å². The van der Waals surface area contributed by atoms with E-state index in [-0.39, 0.29) is 12.7 Å². The third-order valence-electron chi connectivity index (χ3n) is 2.84. The lowest BCUT2D eigenvalue weighted by Gasteiger charge is -2.32. The lowest BCUT2D eigenvalue weighted by atomic mass is 10.3. The van der Waals surface area contributed by atoms with Gasteiger partial charge in [0.2, 0.25) is 0 Å². The normalized spacial score (nSPS) is 19.9. The van der Waals surface area contributed by atoms with E-state index in [1.165, 1.54) is 0 Å². The molecule has 1 aromatic heterocycles. The molecule has 0 aromatic carbocycles. The van der Waals surface area contributed by atoms with Crippen LogP contribution in [0.25, 0.3) is 0 Å². The van der Waals surface area contributed by atoms with Crippen molar-refractivity contribution in [2.24, 2.45) is 0 Å². The first-order valence-corrected chi connectivity index (χ1v) is 6.36. The maximum absolute atomic E-state index is 9.13. The van der Waals surface area contributed by atoms with Crippen LogP contribution in [0.1, 0.15) is 13.3 Å². The minimum Gasteiger partial charge on any atom is -0.394 e. The van der Waals surface area contributed by atoms with E-state index in [0.29, 0.717) is 13.2 Å². The van der Waals surface area contributed by atoms with Crippen LogP contribution in [-0.4, -0.2) is 54.0 Å². The van der Waals surface area contributed by atoms with E-state index in [4.69, 9.17) is 9.84 Å². The molecular weight excluding hydrogens is 232 g/mol. The zero-order chi connectivity index (χ0) is 12.8. The summed E-state index contributed by atoms with van der Waals surface area (Å²) in [5.41, 5.74) is 0. The zero-order valence-corrected chi connectivity index (χ0v) is 10.7. The summed E-state index contributed by atoms with van der Waals surface area (Å²) in [5.74, 6) is 1.62. The lowest BCUT2D eigenvalue weighted by Crippen LogP contribution is -2.44. The maximum Gasteiger partial charge on any atom is 0.149 e. The molecule has 1 atom stereocenters. The first-order chi connectivity index (χ1) is 8.83. The highest BCUT2D eigenvalue weighted by molar-refractivity contribution is 5.44. The van der Waals surface area contributed by atoms with Crippen LogP contribution >= 0.6 is 0 Å². The van der Waals surface area contributed by atoms with Crippen LogP contribution in [0.2, 0.25) is 0 Å². The first kappa shape index (κ1) is 13.0. The highest BCUT2D eigenvalue weighted by Crippen LogP contribution is 2.16. The smallest absolute Gasteiger partial charge is 0.149 e. The van der Waals surface area contributed by atoms with Crippen molar-refractivity contribution in [1.82, 2.24) is 9.97 Å². The minimum atomic E-state index is -0.132. The van der Waals surface area contributed by atoms with Gasteiger partial charge in [0.05, 0.1) is 31.7 Å². The fourth-order valence-electron chi connectivity index (χ4n) is 1.88. The Morgan fingerprint density at radius 3 is 3.22 bits per heavy atom. The summed E-state index contributed by atoms with van der Waals surface area (Å²) in [6.07, 6.45) is 4.39. The summed E-state index contributed by atoms with van der Waals surface area (Å²) in [5, 5.41) is 12.3. The second kappa shape index (κ2) is 6.51. The zero-order valence-electron chi connectivity index (χ0n) is 10.7. The van der Waals surface area contributed by atoms with E-state index < -0.39 is 0 Å². The van der Waals surface area contributed by atoms with E-state index >= 15 is 0 Å². The van der Waals surface area contributed by atoms with Gasteiger partial charge in [0.25, 0.3) is 0 Å². The third kappa shape index (κ3) is 3.30. The third-order valence-corrected chi connectivity index (χ3v) is 2.84. The van der Waals surface area contributed by atoms with Crippen LogP contribution in [0.5, 0.6) is 0 Å². The van der Waals surface area contributed by atoms with Crippen molar-refractivity contribution >= 4 is 11.6 Å². The number of aromatic nitrogens is 2. The molecule has 1 aliphatic rings. The molecule has 0 radical (unpaired) electrons. The molecule has 1 saturated heterocycles. The quantitative estimate of drug-likeness (QED) is 0.795. The number of anilines is 2. The van der Waals surface area contributed by atoms with E-state index in [0.717, 1.165) is 31.1 Å². The molecule has 100 valence electrons. The number of aliphatic hydroxyl groups excluding tert-OH is 1. The van der Waals surface area contributed by atoms with Gasteiger partial charge in [0.15, 0.2) is 0 Å². The monoisotopic (exact) mass is 252 g/mol. The molecule has 0 saturated carbocycles. The highest BCUT2D eigenvalue weighted by Gasteiger charge is 2.21. The van der Waals surface area contributed by atoms with E-state index in [1.54, 1.807) is 12.4 Å². The van der Waals surface area contributed by atoms with Crippen molar-refractivity contribution in [2.75, 3.05) is 43.1 Å². The second-order valence-corrected chi connectivity index (χ2v) is 4.31. The molecule has 1 aromatic rings. The van der Waals surface area contributed by atoms with E-state index in [1.807, 2.05) is 0 Å². The number of rotatable bonds is 5. The van der Waals surface area contributed by atoms with Gasteiger partial charge in [-0.15, -0.1) is 0 Å². The standard InChI is InChI=1S/C12H20N4O2/c1-2-3-14-11-6-13-7-12(15-11)16-4-5-18-10(8-16)9-17/h6-7,10,17H,2-5,8-9H2,1H3,(H,14,15). The van der Waals surface area contributed by atoms with Gasteiger partial charge in [-0.05, 0) is 6.42 Å². The molecule has 0 aliphatic carbocycles. The Hall–Kier alpha value is -1.40. The number of morpholine rings is 1. The van der Waals surface area contributed by atoms with Gasteiger partial charge in [0.1, 0.15) is 11.6 Å². The summed E-state index contributed by atoms with van der Waals surface area (Å²) < 4.78 is 5.42. The van der Waals surface area contributed by atoms with Gasteiger partial charge < -0.3 is 20.1 Å². The molecule has 0 spiro atoms. The Labute approximate surface area is 107 Å². The van der Waals surface area contributed by atoms with Gasteiger partial charge >= 0.3 is 0 Å². The molecule has 0 bridgehead atoms. The number of nitrogens with one attached hydrogen (secondary N) is 1. The number of hydrogen-bond acceptors (Lipinski definition) is 6. The van der Waals surface area contributed by atoms with Crippen LogP contribution in [0, 0.1) is 0 Å². The van der Waals surface area contributed by atoms with Gasteiger partial charge in [-0.1, -0.05) is 6.92 Å². The van der Waals surface area contributed by atoms with Gasteiger partial charge in [-0.2, -0.15) is 0 Å². The van der Waals surface area contributed by atoms with Crippen LogP contribution < -0.4 is 10.2 Å². The average molecular weight is 252 g/mol. The number of ether oxygens (including phenoxy) is 1. The van der Waals surface area contributed by atoms with Crippen molar-refractivity contribution in [2.45, 2.75) is 19.4 Å². The Kier molecular flexibility index (Phi) is 4.72. The van der Waals surface area contributed by atoms with Crippen molar-refractivity contribution in [3.8, 4) is 0 Å². The van der Waals surface area contributed by atoms with Gasteiger partial charge in [-0.3, -0.25) is 4.98 Å². The average Bonchev–Trinajstić information content (AvgIpc) is 2.45. The molecule has 1 aliphatic heterocycles. The van der Waals surface area contributed by atoms with E-state index in [2.05, 4.69) is 27.1 Å². The molecule has 1 unspecified atom stereocenters. The predicted molar refractivity (Wildman–Crippen MR) is 69.9 cm³/mol. The molecule has 18 heavy (non-hydrogen) atoms. The topological polar surface area (TPSA) is 70.5 Å². The van der Waals surface area contributed by atoms with Crippen molar-refractivity contribution in [3.05, 3.63) is 12.4 Å². The largest absolute Gasteiger partial charge is 0.394 e. The Morgan fingerprint density at radius 1 is 1.56 bits per heavy atom. The van der Waals surface area contributed by atoms with Crippen LogP contribution in [-0.2, 0) is 4.74 Å². The summed E-state index contributed by atoms with van der Waals surface area (Å²) in [4.78, 5) is 10.8. The number of hydrogen-bond donors (Lipinski definition) is 2. The Balaban J connectivity index is 2.02. The molecule has 2 N–H and O–H groups in total. The summed E-state index contributed by atoms with van der Waals surface area (Å²) in [6.45, 7) is 5.08. The highest BCUT2D eigenvalue weighted by atomic mass is 16.5. The number of nitrogens with zero attached hydrogens (tertiary/aromatic N) is 3. The van der Waals surface area contributed by atoms with Crippen LogP contribution in [0.4, 0.5) is 11.6 Å². The van der Waals surface area contributed by atoms with Crippen molar-refractivity contribution in [1.29, 1.82) is 0 Å². The molecular formula is C12H20N4O2. The Morgan fingerprint density at radius 2 is 2.44 bits per heavy atom. The summed E-state index contributed by atoms with van der Waals surface area (Å²) >= 11 is 0. The molecule has 2 rings (SSSR count). The molecule has 0 amide bonds. The second-order valence-electron chi connectivity index (χ2n) is 4.31. The molecule has 2 heterocycles. The molecule has 6 nitrogen and oxygen atoms in total. The first-order valence-electron chi connectivity index (χ1n) is 6.36. The predicted octanol–water partition coefficient (Wildman–Crippen LogP) is 0.496. The minimum absolute atomic E-state index is 0.0394. The van der Waals surface area contributed by atoms with Crippen LogP contribution in [0.15, 0.2) is 12.4 Å². The van der Waals surface area contributed by atoms with Crippen LogP contribution in [0.3, 0.4) is 0 Å². The maximum atomic E-state index is 9.13. The number of aliphatic hydroxyl groups is 1. The lowest BCUT2D eigenvalue weighted by molar-refractivity contribution is 0.00335. The van der Waals surface area contributed by atoms with Gasteiger partial charge in [0, 0.05) is 19.6 Å². The fraction of sp³-hybridized carbons (Fsp3) is 0.667. The summed E-state index contributed by atoms with van der Waals surface area (Å²) in [6, 6.07) is 0. The summed E-state index contributed by atoms with van der Waals surface area (Å²) in [7, 11) is 0. The fourth-order valence-corrected chi connectivity index (χ4v) is 1.88. The Bertz CT molecular complexity index is 375. The van der Waals surface area contributed by atoms with E-state index in [9.17, 15) is 0 Å². The molecule has 1 fully saturated rings. The van der Waals surface area contributed by atoms with Gasteiger partial charge in [-0.25, -0.2) is 4.98 Å². The van der Waals surface area contributed by atoms with Crippen molar-refractivity contribution < 1.29 is 9.84 Å².